The maximum absolute atomic E-state index is 14.1. The molecule has 0 saturated carbocycles. The highest BCUT2D eigenvalue weighted by molar-refractivity contribution is 6.12. The van der Waals surface area contributed by atoms with E-state index in [4.69, 9.17) is 0 Å². The number of carbonyl (C=O) groups excluding carboxylic acids is 3. The van der Waals surface area contributed by atoms with Gasteiger partial charge in [0.2, 0.25) is 5.91 Å². The molecule has 4 aromatic rings. The molecule has 0 aromatic heterocycles. The smallest absolute Gasteiger partial charge is 0.321 e. The predicted octanol–water partition coefficient (Wildman–Crippen LogP) is 8.98. The Balaban J connectivity index is 1.30. The summed E-state index contributed by atoms with van der Waals surface area (Å²) < 4.78 is 0. The number of hydrogen-bond acceptors (Lipinski definition) is 4. The van der Waals surface area contributed by atoms with Crippen LogP contribution in [-0.2, 0) is 11.2 Å². The van der Waals surface area contributed by atoms with Crippen molar-refractivity contribution >= 4 is 29.1 Å². The molecule has 1 saturated heterocycles. The number of nitrogens with one attached hydrogen (secondary N) is 2. The molecule has 0 radical (unpaired) electrons. The lowest BCUT2D eigenvalue weighted by Gasteiger charge is -2.34. The second kappa shape index (κ2) is 18.2. The van der Waals surface area contributed by atoms with E-state index in [-0.39, 0.29) is 17.7 Å². The van der Waals surface area contributed by atoms with Gasteiger partial charge in [-0.15, -0.1) is 0 Å². The molecule has 0 spiro atoms. The van der Waals surface area contributed by atoms with Crippen molar-refractivity contribution < 1.29 is 14.4 Å². The maximum Gasteiger partial charge on any atom is 0.321 e. The largest absolute Gasteiger partial charge is 0.373 e. The molecule has 7 nitrogen and oxygen atoms in total. The van der Waals surface area contributed by atoms with Gasteiger partial charge in [-0.05, 0) is 66.1 Å². The normalized spacial score (nSPS) is 13.8. The molecule has 1 aliphatic rings. The van der Waals surface area contributed by atoms with E-state index in [9.17, 15) is 14.4 Å². The standard InChI is InChI=1S/C43H52N4O3/c1-4-5-6-7-13-27-44-43(50)46(3)37-18-14-17-36(31-37)34-23-21-33(22-24-34)30-40(42(49)47-28-25-32(2)26-29-47)45-39-20-12-11-19-38(39)41(48)35-15-9-8-10-16-35/h8-12,14-24,31-32,40,45H,4-7,13,25-30H2,1-3H3,(H,44,50)/t40-/m0/s1. The van der Waals surface area contributed by atoms with Crippen molar-refractivity contribution in [1.29, 1.82) is 0 Å². The quantitative estimate of drug-likeness (QED) is 0.0976. The number of nitrogens with zero attached hydrogens (tertiary/aromatic N) is 2. The van der Waals surface area contributed by atoms with Gasteiger partial charge in [-0.2, -0.15) is 0 Å². The van der Waals surface area contributed by atoms with Crippen LogP contribution in [0, 0.1) is 5.92 Å². The number of hydrogen-bond donors (Lipinski definition) is 2. The van der Waals surface area contributed by atoms with E-state index in [1.54, 1.807) is 11.9 Å². The minimum Gasteiger partial charge on any atom is -0.373 e. The second-order valence-electron chi connectivity index (χ2n) is 13.6. The van der Waals surface area contributed by atoms with Gasteiger partial charge in [-0.1, -0.05) is 118 Å². The molecule has 1 atom stereocenters. The average Bonchev–Trinajstić information content (AvgIpc) is 3.16. The topological polar surface area (TPSA) is 81.8 Å². The molecule has 50 heavy (non-hydrogen) atoms. The molecule has 5 rings (SSSR count). The van der Waals surface area contributed by atoms with E-state index in [1.165, 1.54) is 19.3 Å². The summed E-state index contributed by atoms with van der Waals surface area (Å²) in [6, 6.07) is 32.3. The number of anilines is 2. The first-order valence-corrected chi connectivity index (χ1v) is 18.3. The molecule has 0 bridgehead atoms. The molecule has 2 N–H and O–H groups in total. The molecule has 4 aromatic carbocycles. The third-order valence-corrected chi connectivity index (χ3v) is 9.75. The Labute approximate surface area is 298 Å². The van der Waals surface area contributed by atoms with E-state index in [0.29, 0.717) is 35.7 Å². The Morgan fingerprint density at radius 2 is 1.50 bits per heavy atom. The molecule has 1 aliphatic heterocycles. The minimum absolute atomic E-state index is 0.0536. The predicted molar refractivity (Wildman–Crippen MR) is 205 cm³/mol. The number of urea groups is 1. The number of unbranched alkanes of at least 4 members (excludes halogenated alkanes) is 4. The summed E-state index contributed by atoms with van der Waals surface area (Å²) in [6.07, 6.45) is 8.23. The molecule has 0 unspecified atom stereocenters. The number of rotatable bonds is 15. The van der Waals surface area contributed by atoms with E-state index in [1.807, 2.05) is 83.8 Å². The van der Waals surface area contributed by atoms with Crippen LogP contribution in [0.25, 0.3) is 11.1 Å². The molecular weight excluding hydrogens is 620 g/mol. The summed E-state index contributed by atoms with van der Waals surface area (Å²) in [5, 5.41) is 6.55. The van der Waals surface area contributed by atoms with Crippen LogP contribution < -0.4 is 15.5 Å². The third kappa shape index (κ3) is 9.84. The fourth-order valence-corrected chi connectivity index (χ4v) is 6.51. The summed E-state index contributed by atoms with van der Waals surface area (Å²) in [7, 11) is 1.80. The zero-order valence-corrected chi connectivity index (χ0v) is 29.9. The average molecular weight is 673 g/mol. The highest BCUT2D eigenvalue weighted by Crippen LogP contribution is 2.27. The molecule has 3 amide bonds. The van der Waals surface area contributed by atoms with Crippen LogP contribution in [0.5, 0.6) is 0 Å². The number of amides is 3. The Morgan fingerprint density at radius 1 is 0.800 bits per heavy atom. The molecule has 1 fully saturated rings. The van der Waals surface area contributed by atoms with Gasteiger partial charge in [-0.3, -0.25) is 14.5 Å². The lowest BCUT2D eigenvalue weighted by molar-refractivity contribution is -0.133. The van der Waals surface area contributed by atoms with Gasteiger partial charge < -0.3 is 15.5 Å². The van der Waals surface area contributed by atoms with Gasteiger partial charge in [0.05, 0.1) is 0 Å². The zero-order valence-electron chi connectivity index (χ0n) is 29.9. The lowest BCUT2D eigenvalue weighted by atomic mass is 9.96. The highest BCUT2D eigenvalue weighted by atomic mass is 16.2. The van der Waals surface area contributed by atoms with Gasteiger partial charge >= 0.3 is 6.03 Å². The van der Waals surface area contributed by atoms with Crippen molar-refractivity contribution in [2.45, 2.75) is 71.3 Å². The van der Waals surface area contributed by atoms with Gasteiger partial charge in [0.1, 0.15) is 6.04 Å². The van der Waals surface area contributed by atoms with Gasteiger partial charge in [0.15, 0.2) is 5.78 Å². The summed E-state index contributed by atoms with van der Waals surface area (Å²) in [5.41, 5.74) is 5.69. The summed E-state index contributed by atoms with van der Waals surface area (Å²) in [5.74, 6) is 0.581. The van der Waals surface area contributed by atoms with Crippen molar-refractivity contribution in [3.63, 3.8) is 0 Å². The minimum atomic E-state index is -0.541. The molecule has 1 heterocycles. The first-order valence-electron chi connectivity index (χ1n) is 18.3. The summed E-state index contributed by atoms with van der Waals surface area (Å²) >= 11 is 0. The van der Waals surface area contributed by atoms with Gasteiger partial charge in [0.25, 0.3) is 0 Å². The Kier molecular flexibility index (Phi) is 13.2. The van der Waals surface area contributed by atoms with Crippen LogP contribution in [0.1, 0.15) is 80.3 Å². The summed E-state index contributed by atoms with van der Waals surface area (Å²) in [4.78, 5) is 44.1. The van der Waals surface area contributed by atoms with Crippen LogP contribution in [-0.4, -0.2) is 55.3 Å². The maximum atomic E-state index is 14.1. The molecule has 0 aliphatic carbocycles. The van der Waals surface area contributed by atoms with Gasteiger partial charge in [0, 0.05) is 55.6 Å². The third-order valence-electron chi connectivity index (χ3n) is 9.75. The zero-order chi connectivity index (χ0) is 35.3. The van der Waals surface area contributed by atoms with Crippen molar-refractivity contribution in [3.8, 4) is 11.1 Å². The Hall–Kier alpha value is -4.91. The number of para-hydroxylation sites is 1. The van der Waals surface area contributed by atoms with Crippen molar-refractivity contribution in [2.75, 3.05) is 36.9 Å². The van der Waals surface area contributed by atoms with E-state index in [0.717, 1.165) is 61.2 Å². The second-order valence-corrected chi connectivity index (χ2v) is 13.6. The fourth-order valence-electron chi connectivity index (χ4n) is 6.51. The fraction of sp³-hybridized carbons (Fsp3) is 0.372. The molecular formula is C43H52N4O3. The van der Waals surface area contributed by atoms with Crippen LogP contribution in [0.2, 0.25) is 0 Å². The summed E-state index contributed by atoms with van der Waals surface area (Å²) in [6.45, 7) is 6.60. The van der Waals surface area contributed by atoms with Crippen molar-refractivity contribution in [2.24, 2.45) is 5.92 Å². The number of piperidine rings is 1. The van der Waals surface area contributed by atoms with Crippen LogP contribution in [0.15, 0.2) is 103 Å². The lowest BCUT2D eigenvalue weighted by Crippen LogP contribution is -2.47. The monoisotopic (exact) mass is 672 g/mol. The van der Waals surface area contributed by atoms with Crippen molar-refractivity contribution in [3.05, 3.63) is 120 Å². The Morgan fingerprint density at radius 3 is 2.24 bits per heavy atom. The number of ketones is 1. The number of carbonyl (C=O) groups is 3. The molecule has 7 heteroatoms. The SMILES string of the molecule is CCCCCCCNC(=O)N(C)c1cccc(-c2ccc(C[C@H](Nc3ccccc3C(=O)c3ccccc3)C(=O)N3CCC(C)CC3)cc2)c1. The van der Waals surface area contributed by atoms with E-state index < -0.39 is 6.04 Å². The Bertz CT molecular complexity index is 1700. The highest BCUT2D eigenvalue weighted by Gasteiger charge is 2.28. The first-order chi connectivity index (χ1) is 24.3. The van der Waals surface area contributed by atoms with Crippen LogP contribution in [0.3, 0.4) is 0 Å². The van der Waals surface area contributed by atoms with E-state index in [2.05, 4.69) is 48.7 Å². The number of likely N-dealkylation sites (tertiary alicyclic amines) is 1. The van der Waals surface area contributed by atoms with Crippen LogP contribution >= 0.6 is 0 Å². The first kappa shape index (κ1) is 36.4. The van der Waals surface area contributed by atoms with Crippen molar-refractivity contribution in [1.82, 2.24) is 10.2 Å². The van der Waals surface area contributed by atoms with Crippen LogP contribution in [0.4, 0.5) is 16.2 Å². The van der Waals surface area contributed by atoms with Gasteiger partial charge in [-0.25, -0.2) is 4.79 Å². The molecule has 262 valence electrons. The number of benzene rings is 4. The van der Waals surface area contributed by atoms with E-state index >= 15 is 0 Å².